The van der Waals surface area contributed by atoms with Crippen LogP contribution in [0.15, 0.2) is 36.7 Å². The van der Waals surface area contributed by atoms with Gasteiger partial charge in [0.25, 0.3) is 5.91 Å². The summed E-state index contributed by atoms with van der Waals surface area (Å²) in [5, 5.41) is 13.1. The monoisotopic (exact) mass is 527 g/mol. The minimum absolute atomic E-state index is 0.0335. The van der Waals surface area contributed by atoms with E-state index in [1.165, 1.54) is 6.20 Å². The summed E-state index contributed by atoms with van der Waals surface area (Å²) in [5.74, 6) is -3.70. The lowest BCUT2D eigenvalue weighted by Crippen LogP contribution is -2.46. The molecule has 0 spiro atoms. The number of carbonyl (C=O) groups is 1. The van der Waals surface area contributed by atoms with E-state index < -0.39 is 45.9 Å². The number of nitrogens with zero attached hydrogens (tertiary/aromatic N) is 2. The van der Waals surface area contributed by atoms with E-state index >= 15 is 8.78 Å². The Labute approximate surface area is 217 Å². The Kier molecular flexibility index (Phi) is 6.84. The molecule has 3 aromatic rings. The lowest BCUT2D eigenvalue weighted by atomic mass is 9.76. The smallest absolute Gasteiger partial charge is 0.276 e. The molecule has 8 nitrogen and oxygen atoms in total. The second kappa shape index (κ2) is 9.97. The van der Waals surface area contributed by atoms with Crippen molar-refractivity contribution in [2.24, 2.45) is 11.7 Å². The molecule has 0 bridgehead atoms. The first kappa shape index (κ1) is 26.1. The molecule has 1 aliphatic carbocycles. The zero-order chi connectivity index (χ0) is 27.2. The number of halogens is 3. The minimum Gasteiger partial charge on any atom is -0.397 e. The molecule has 6 N–H and O–H groups in total. The Bertz CT molecular complexity index is 1370. The third-order valence-electron chi connectivity index (χ3n) is 7.24. The highest BCUT2D eigenvalue weighted by Crippen LogP contribution is 2.39. The second-order valence-corrected chi connectivity index (χ2v) is 10.3. The van der Waals surface area contributed by atoms with Gasteiger partial charge in [-0.3, -0.25) is 9.78 Å². The van der Waals surface area contributed by atoms with Crippen LogP contribution in [-0.4, -0.2) is 40.2 Å². The highest BCUT2D eigenvalue weighted by atomic mass is 19.1. The molecule has 1 saturated heterocycles. The number of benzene rings is 1. The number of carbonyl (C=O) groups excluding carboxylic acids is 1. The van der Waals surface area contributed by atoms with E-state index in [0.717, 1.165) is 43.0 Å². The maximum absolute atomic E-state index is 15.0. The van der Waals surface area contributed by atoms with Gasteiger partial charge in [0.2, 0.25) is 0 Å². The molecule has 3 heterocycles. The number of hydrogen-bond acceptors (Lipinski definition) is 7. The predicted octanol–water partition coefficient (Wildman–Crippen LogP) is 3.84. The summed E-state index contributed by atoms with van der Waals surface area (Å²) in [6.07, 6.45) is 5.67. The lowest BCUT2D eigenvalue weighted by molar-refractivity contribution is -0.184. The van der Waals surface area contributed by atoms with Gasteiger partial charge in [-0.1, -0.05) is 6.92 Å². The zero-order valence-electron chi connectivity index (χ0n) is 20.7. The fraction of sp³-hybridized carbons (Fsp3) is 0.370. The van der Waals surface area contributed by atoms with Crippen molar-refractivity contribution in [3.05, 3.63) is 70.9 Å². The number of ether oxygens (including phenoxy) is 1. The molecule has 0 radical (unpaired) electrons. The van der Waals surface area contributed by atoms with Crippen molar-refractivity contribution in [2.45, 2.75) is 43.7 Å². The second-order valence-electron chi connectivity index (χ2n) is 10.3. The summed E-state index contributed by atoms with van der Waals surface area (Å²) in [6.45, 7) is 1.89. The number of aromatic nitrogens is 2. The largest absolute Gasteiger partial charge is 0.397 e. The van der Waals surface area contributed by atoms with E-state index in [1.54, 1.807) is 6.20 Å². The Morgan fingerprint density at radius 2 is 1.84 bits per heavy atom. The van der Waals surface area contributed by atoms with Crippen molar-refractivity contribution in [2.75, 3.05) is 24.3 Å². The van der Waals surface area contributed by atoms with Gasteiger partial charge in [0.1, 0.15) is 22.9 Å². The first-order valence-corrected chi connectivity index (χ1v) is 12.3. The molecule has 2 aromatic heterocycles. The van der Waals surface area contributed by atoms with E-state index in [9.17, 15) is 14.3 Å². The molecule has 3 atom stereocenters. The van der Waals surface area contributed by atoms with E-state index in [-0.39, 0.29) is 36.4 Å². The molecule has 1 aromatic carbocycles. The SMILES string of the molecule is C[C@@H]1C[C@@H](N)C[C@H](c2ccncc2NC(=O)c2nc(-c3c(F)cc(C4(O)COC4)cc3F)c(F)cc2N)C1. The quantitative estimate of drug-likeness (QED) is 0.396. The van der Waals surface area contributed by atoms with Gasteiger partial charge in [-0.2, -0.15) is 0 Å². The summed E-state index contributed by atoms with van der Waals surface area (Å²) in [6, 6.07) is 4.44. The standard InChI is InChI=1S/C27H28F3N5O3/c1-13-4-14(6-16(31)5-13)17-2-3-33-10-22(17)34-26(36)25-21(32)9-20(30)24(35-25)23-18(28)7-15(8-19(23)29)27(37)11-38-12-27/h2-3,7-10,13-14,16,37H,4-6,11-12,31-32H2,1H3,(H,34,36)/t13-,14+,16+/m0/s1. The number of amides is 1. The molecule has 1 amide bonds. The number of anilines is 2. The average Bonchev–Trinajstić information content (AvgIpc) is 2.83. The van der Waals surface area contributed by atoms with Crippen LogP contribution in [0.3, 0.4) is 0 Å². The third kappa shape index (κ3) is 4.84. The van der Waals surface area contributed by atoms with Crippen LogP contribution in [0.4, 0.5) is 24.5 Å². The summed E-state index contributed by atoms with van der Waals surface area (Å²) in [5.41, 5.74) is 9.61. The Morgan fingerprint density at radius 1 is 1.13 bits per heavy atom. The van der Waals surface area contributed by atoms with Crippen LogP contribution in [0.2, 0.25) is 0 Å². The summed E-state index contributed by atoms with van der Waals surface area (Å²) in [7, 11) is 0. The average molecular weight is 528 g/mol. The predicted molar refractivity (Wildman–Crippen MR) is 135 cm³/mol. The van der Waals surface area contributed by atoms with Gasteiger partial charge in [-0.15, -0.1) is 0 Å². The first-order valence-electron chi connectivity index (χ1n) is 12.3. The first-order chi connectivity index (χ1) is 18.1. The molecular weight excluding hydrogens is 499 g/mol. The molecular formula is C27H28F3N5O3. The maximum Gasteiger partial charge on any atom is 0.276 e. The Balaban J connectivity index is 1.47. The number of nitrogens with one attached hydrogen (secondary N) is 1. The van der Waals surface area contributed by atoms with E-state index in [4.69, 9.17) is 16.2 Å². The van der Waals surface area contributed by atoms with Gasteiger partial charge in [0.05, 0.1) is 36.3 Å². The normalized spacial score (nSPS) is 22.5. The number of rotatable bonds is 5. The van der Waals surface area contributed by atoms with Crippen LogP contribution in [0.1, 0.15) is 53.7 Å². The molecule has 11 heteroatoms. The summed E-state index contributed by atoms with van der Waals surface area (Å²) in [4.78, 5) is 21.3. The van der Waals surface area contributed by atoms with Gasteiger partial charge in [0.15, 0.2) is 11.5 Å². The van der Waals surface area contributed by atoms with Gasteiger partial charge >= 0.3 is 0 Å². The van der Waals surface area contributed by atoms with E-state index in [1.807, 2.05) is 6.07 Å². The van der Waals surface area contributed by atoms with Crippen molar-refractivity contribution < 1.29 is 27.8 Å². The van der Waals surface area contributed by atoms with Gasteiger partial charge in [-0.25, -0.2) is 18.2 Å². The summed E-state index contributed by atoms with van der Waals surface area (Å²) < 4.78 is 49.8. The number of pyridine rings is 2. The van der Waals surface area contributed by atoms with Crippen LogP contribution < -0.4 is 16.8 Å². The third-order valence-corrected chi connectivity index (χ3v) is 7.24. The van der Waals surface area contributed by atoms with Gasteiger partial charge in [0, 0.05) is 18.3 Å². The van der Waals surface area contributed by atoms with Gasteiger partial charge in [-0.05, 0) is 60.4 Å². The topological polar surface area (TPSA) is 136 Å². The van der Waals surface area contributed by atoms with Crippen LogP contribution in [-0.2, 0) is 10.3 Å². The Hall–Kier alpha value is -3.54. The fourth-order valence-electron chi connectivity index (χ4n) is 5.35. The maximum atomic E-state index is 15.0. The van der Waals surface area contributed by atoms with Crippen molar-refractivity contribution in [1.29, 1.82) is 0 Å². The van der Waals surface area contributed by atoms with Crippen molar-refractivity contribution in [3.63, 3.8) is 0 Å². The van der Waals surface area contributed by atoms with Crippen LogP contribution in [0.5, 0.6) is 0 Å². The van der Waals surface area contributed by atoms with Crippen LogP contribution >= 0.6 is 0 Å². The van der Waals surface area contributed by atoms with Crippen molar-refractivity contribution in [3.8, 4) is 11.3 Å². The molecule has 5 rings (SSSR count). The van der Waals surface area contributed by atoms with Crippen molar-refractivity contribution in [1.82, 2.24) is 9.97 Å². The van der Waals surface area contributed by atoms with Crippen LogP contribution in [0.25, 0.3) is 11.3 Å². The molecule has 38 heavy (non-hydrogen) atoms. The van der Waals surface area contributed by atoms with Gasteiger partial charge < -0.3 is 26.6 Å². The lowest BCUT2D eigenvalue weighted by Gasteiger charge is -2.36. The molecule has 2 fully saturated rings. The van der Waals surface area contributed by atoms with Crippen molar-refractivity contribution >= 4 is 17.3 Å². The molecule has 1 saturated carbocycles. The summed E-state index contributed by atoms with van der Waals surface area (Å²) >= 11 is 0. The number of nitrogens with two attached hydrogens (primary N) is 2. The zero-order valence-corrected chi connectivity index (χ0v) is 20.7. The molecule has 2 aliphatic rings. The van der Waals surface area contributed by atoms with Crippen LogP contribution in [0, 0.1) is 23.4 Å². The number of aliphatic hydroxyl groups is 1. The number of nitrogen functional groups attached to an aromatic ring is 1. The molecule has 1 aliphatic heterocycles. The minimum atomic E-state index is -1.53. The fourth-order valence-corrected chi connectivity index (χ4v) is 5.35. The Morgan fingerprint density at radius 3 is 2.47 bits per heavy atom. The van der Waals surface area contributed by atoms with E-state index in [2.05, 4.69) is 22.2 Å². The van der Waals surface area contributed by atoms with E-state index in [0.29, 0.717) is 11.6 Å². The highest BCUT2D eigenvalue weighted by Gasteiger charge is 2.39. The highest BCUT2D eigenvalue weighted by molar-refractivity contribution is 6.07. The molecule has 0 unspecified atom stereocenters. The number of hydrogen-bond donors (Lipinski definition) is 4. The molecule has 200 valence electrons.